The van der Waals surface area contributed by atoms with Crippen LogP contribution in [-0.4, -0.2) is 30.5 Å². The van der Waals surface area contributed by atoms with Crippen molar-refractivity contribution in [3.63, 3.8) is 0 Å². The smallest absolute Gasteiger partial charge is 0.262 e. The van der Waals surface area contributed by atoms with E-state index in [-0.39, 0.29) is 18.4 Å². The number of methoxy groups -OCH3 is 1. The number of pyridine rings is 1. The van der Waals surface area contributed by atoms with Crippen LogP contribution in [0.5, 0.6) is 11.5 Å². The number of benzene rings is 2. The number of aromatic nitrogens is 1. The molecule has 7 nitrogen and oxygen atoms in total. The predicted octanol–water partition coefficient (Wildman–Crippen LogP) is 4.78. The second kappa shape index (κ2) is 10.1. The number of hydrogen-bond donors (Lipinski definition) is 2. The maximum Gasteiger partial charge on any atom is 0.262 e. The average Bonchev–Trinajstić information content (AvgIpc) is 2.74. The summed E-state index contributed by atoms with van der Waals surface area (Å²) in [6.45, 7) is -0.192. The van der Waals surface area contributed by atoms with Crippen LogP contribution in [0.25, 0.3) is 0 Å². The van der Waals surface area contributed by atoms with Crippen molar-refractivity contribution in [3.05, 3.63) is 76.0 Å². The highest BCUT2D eigenvalue weighted by molar-refractivity contribution is 9.10. The summed E-state index contributed by atoms with van der Waals surface area (Å²) >= 11 is 9.22. The van der Waals surface area contributed by atoms with E-state index in [2.05, 4.69) is 31.5 Å². The molecule has 1 aromatic heterocycles. The molecule has 0 fully saturated rings. The van der Waals surface area contributed by atoms with E-state index < -0.39 is 0 Å². The highest BCUT2D eigenvalue weighted by atomic mass is 79.9. The molecule has 1 heterocycles. The van der Waals surface area contributed by atoms with Gasteiger partial charge in [-0.3, -0.25) is 14.6 Å². The van der Waals surface area contributed by atoms with Crippen LogP contribution in [0, 0.1) is 0 Å². The topological polar surface area (TPSA) is 89.5 Å². The summed E-state index contributed by atoms with van der Waals surface area (Å²) in [5, 5.41) is 6.04. The Morgan fingerprint density at radius 3 is 2.63 bits per heavy atom. The van der Waals surface area contributed by atoms with Gasteiger partial charge in [-0.2, -0.15) is 0 Å². The Balaban J connectivity index is 1.62. The normalized spacial score (nSPS) is 10.2. The molecule has 0 bridgehead atoms. The number of ether oxygens (including phenoxy) is 2. The molecule has 0 atom stereocenters. The second-order valence-corrected chi connectivity index (χ2v) is 7.31. The number of hydrogen-bond acceptors (Lipinski definition) is 5. The Morgan fingerprint density at radius 1 is 1.10 bits per heavy atom. The third-order valence-corrected chi connectivity index (χ3v) is 4.76. The van der Waals surface area contributed by atoms with Crippen LogP contribution >= 0.6 is 27.5 Å². The molecule has 2 aromatic carbocycles. The highest BCUT2D eigenvalue weighted by Gasteiger charge is 2.12. The third kappa shape index (κ3) is 5.71. The van der Waals surface area contributed by atoms with E-state index in [1.165, 1.54) is 13.3 Å². The molecule has 0 radical (unpaired) electrons. The van der Waals surface area contributed by atoms with Crippen LogP contribution in [0.2, 0.25) is 5.02 Å². The number of rotatable bonds is 7. The lowest BCUT2D eigenvalue weighted by molar-refractivity contribution is -0.118. The molecule has 2 N–H and O–H groups in total. The maximum absolute atomic E-state index is 12.3. The molecular weight excluding hydrogens is 474 g/mol. The molecule has 2 amide bonds. The van der Waals surface area contributed by atoms with Gasteiger partial charge in [0.1, 0.15) is 11.5 Å². The summed E-state index contributed by atoms with van der Waals surface area (Å²) in [4.78, 5) is 28.4. The van der Waals surface area contributed by atoms with Crippen molar-refractivity contribution in [2.24, 2.45) is 0 Å². The fraction of sp³-hybridized carbons (Fsp3) is 0.0952. The van der Waals surface area contributed by atoms with E-state index in [0.717, 1.165) is 0 Å². The summed E-state index contributed by atoms with van der Waals surface area (Å²) in [7, 11) is 1.47. The van der Waals surface area contributed by atoms with Gasteiger partial charge < -0.3 is 20.1 Å². The molecule has 154 valence electrons. The largest absolute Gasteiger partial charge is 0.494 e. The first-order chi connectivity index (χ1) is 14.5. The summed E-state index contributed by atoms with van der Waals surface area (Å²) in [6.07, 6.45) is 3.06. The predicted molar refractivity (Wildman–Crippen MR) is 118 cm³/mol. The Labute approximate surface area is 186 Å². The molecular formula is C21H17BrClN3O4. The van der Waals surface area contributed by atoms with Gasteiger partial charge >= 0.3 is 0 Å². The minimum Gasteiger partial charge on any atom is -0.494 e. The first-order valence-electron chi connectivity index (χ1n) is 8.73. The van der Waals surface area contributed by atoms with Crippen molar-refractivity contribution in [3.8, 4) is 11.5 Å². The monoisotopic (exact) mass is 489 g/mol. The van der Waals surface area contributed by atoms with Crippen molar-refractivity contribution >= 4 is 50.7 Å². The van der Waals surface area contributed by atoms with Crippen molar-refractivity contribution < 1.29 is 19.1 Å². The van der Waals surface area contributed by atoms with Gasteiger partial charge in [0.25, 0.3) is 11.8 Å². The SMILES string of the molecule is COc1cc(NC(=O)COc2ccc(Cl)cc2Br)ccc1NC(=O)c1cccnc1. The standard InChI is InChI=1S/C21H17BrClN3O4/c1-29-19-10-15(5-6-17(19)26-21(28)13-3-2-8-24-11-13)25-20(27)12-30-18-7-4-14(23)9-16(18)22/h2-11H,12H2,1H3,(H,25,27)(H,26,28). The fourth-order valence-corrected chi connectivity index (χ4v) is 3.29. The Kier molecular flexibility index (Phi) is 7.26. The molecule has 0 saturated heterocycles. The molecule has 0 aliphatic rings. The zero-order chi connectivity index (χ0) is 21.5. The van der Waals surface area contributed by atoms with Crippen molar-refractivity contribution in [2.45, 2.75) is 0 Å². The summed E-state index contributed by atoms with van der Waals surface area (Å²) in [5.74, 6) is 0.221. The summed E-state index contributed by atoms with van der Waals surface area (Å²) < 4.78 is 11.5. The van der Waals surface area contributed by atoms with E-state index in [0.29, 0.717) is 37.9 Å². The molecule has 3 aromatic rings. The van der Waals surface area contributed by atoms with Crippen molar-refractivity contribution in [1.29, 1.82) is 0 Å². The summed E-state index contributed by atoms with van der Waals surface area (Å²) in [5.41, 5.74) is 1.38. The van der Waals surface area contributed by atoms with Crippen LogP contribution in [-0.2, 0) is 4.79 Å². The number of halogens is 2. The van der Waals surface area contributed by atoms with E-state index >= 15 is 0 Å². The molecule has 0 spiro atoms. The third-order valence-electron chi connectivity index (χ3n) is 3.91. The number of carbonyl (C=O) groups excluding carboxylic acids is 2. The summed E-state index contributed by atoms with van der Waals surface area (Å²) in [6, 6.07) is 13.2. The number of anilines is 2. The molecule has 9 heteroatoms. The minimum atomic E-state index is -0.356. The fourth-order valence-electron chi connectivity index (χ4n) is 2.50. The van der Waals surface area contributed by atoms with Gasteiger partial charge in [-0.15, -0.1) is 0 Å². The van der Waals surface area contributed by atoms with Crippen LogP contribution in [0.1, 0.15) is 10.4 Å². The zero-order valence-electron chi connectivity index (χ0n) is 15.8. The Morgan fingerprint density at radius 2 is 1.93 bits per heavy atom. The zero-order valence-corrected chi connectivity index (χ0v) is 18.2. The van der Waals surface area contributed by atoms with Gasteiger partial charge in [0.15, 0.2) is 6.61 Å². The average molecular weight is 491 g/mol. The molecule has 30 heavy (non-hydrogen) atoms. The van der Waals surface area contributed by atoms with Crippen LogP contribution in [0.15, 0.2) is 65.4 Å². The maximum atomic E-state index is 12.3. The van der Waals surface area contributed by atoms with Gasteiger partial charge in [-0.05, 0) is 58.4 Å². The minimum absolute atomic E-state index is 0.192. The van der Waals surface area contributed by atoms with Gasteiger partial charge in [-0.1, -0.05) is 11.6 Å². The van der Waals surface area contributed by atoms with Gasteiger partial charge in [-0.25, -0.2) is 0 Å². The van der Waals surface area contributed by atoms with Crippen LogP contribution in [0.3, 0.4) is 0 Å². The van der Waals surface area contributed by atoms with E-state index in [1.54, 1.807) is 54.7 Å². The van der Waals surface area contributed by atoms with Gasteiger partial charge in [0.2, 0.25) is 0 Å². The number of nitrogens with zero attached hydrogens (tertiary/aromatic N) is 1. The molecule has 0 aliphatic carbocycles. The van der Waals surface area contributed by atoms with Crippen molar-refractivity contribution in [2.75, 3.05) is 24.4 Å². The lowest BCUT2D eigenvalue weighted by Crippen LogP contribution is -2.20. The molecule has 0 aliphatic heterocycles. The lowest BCUT2D eigenvalue weighted by Gasteiger charge is -2.13. The number of carbonyl (C=O) groups is 2. The quantitative estimate of drug-likeness (QED) is 0.498. The van der Waals surface area contributed by atoms with Crippen molar-refractivity contribution in [1.82, 2.24) is 4.98 Å². The molecule has 0 unspecified atom stereocenters. The first-order valence-corrected chi connectivity index (χ1v) is 9.90. The first kappa shape index (κ1) is 21.6. The van der Waals surface area contributed by atoms with Crippen LogP contribution in [0.4, 0.5) is 11.4 Å². The van der Waals surface area contributed by atoms with Gasteiger partial charge in [0.05, 0.1) is 22.8 Å². The van der Waals surface area contributed by atoms with E-state index in [1.807, 2.05) is 0 Å². The molecule has 0 saturated carbocycles. The second-order valence-electron chi connectivity index (χ2n) is 6.02. The highest BCUT2D eigenvalue weighted by Crippen LogP contribution is 2.29. The lowest BCUT2D eigenvalue weighted by atomic mass is 10.2. The van der Waals surface area contributed by atoms with Gasteiger partial charge in [0, 0.05) is 29.2 Å². The Hall–Kier alpha value is -3.10. The number of nitrogens with one attached hydrogen (secondary N) is 2. The van der Waals surface area contributed by atoms with E-state index in [4.69, 9.17) is 21.1 Å². The Bertz CT molecular complexity index is 1060. The van der Waals surface area contributed by atoms with Crippen LogP contribution < -0.4 is 20.1 Å². The number of amides is 2. The van der Waals surface area contributed by atoms with E-state index in [9.17, 15) is 9.59 Å². The molecule has 3 rings (SSSR count).